The van der Waals surface area contributed by atoms with E-state index in [1.807, 2.05) is 0 Å². The van der Waals surface area contributed by atoms with Crippen molar-refractivity contribution in [3.05, 3.63) is 23.3 Å². The van der Waals surface area contributed by atoms with Crippen LogP contribution in [0.15, 0.2) is 12.1 Å². The van der Waals surface area contributed by atoms with Crippen LogP contribution in [0.3, 0.4) is 0 Å². The number of fused-ring (bicyclic) bond motifs is 1. The molecule has 3 N–H and O–H groups in total. The summed E-state index contributed by atoms with van der Waals surface area (Å²) in [5.41, 5.74) is 6.91. The summed E-state index contributed by atoms with van der Waals surface area (Å²) >= 11 is 0. The molecule has 0 aromatic heterocycles. The fourth-order valence-electron chi connectivity index (χ4n) is 2.12. The van der Waals surface area contributed by atoms with E-state index in [-0.39, 0.29) is 6.54 Å². The zero-order chi connectivity index (χ0) is 13.8. The van der Waals surface area contributed by atoms with Gasteiger partial charge in [-0.15, -0.1) is 0 Å². The van der Waals surface area contributed by atoms with Crippen LogP contribution in [0.5, 0.6) is 11.5 Å². The van der Waals surface area contributed by atoms with Gasteiger partial charge in [-0.25, -0.2) is 0 Å². The molecule has 0 aliphatic carbocycles. The fraction of sp³-hybridized carbons (Fsp3) is 0.462. The second-order valence-corrected chi connectivity index (χ2v) is 4.23. The van der Waals surface area contributed by atoms with Gasteiger partial charge in [0.1, 0.15) is 13.2 Å². The standard InChI is InChI=1S/C13H17NO5/c1-17-7-8-2-3-9(10(6-14)13(15)16)12-11(8)18-4-5-19-12/h2-3,10H,4-7,14H2,1H3,(H,15,16). The lowest BCUT2D eigenvalue weighted by atomic mass is 9.96. The first-order chi connectivity index (χ1) is 9.19. The first kappa shape index (κ1) is 13.6. The van der Waals surface area contributed by atoms with Gasteiger partial charge in [-0.05, 0) is 0 Å². The molecule has 0 fully saturated rings. The third-order valence-corrected chi connectivity index (χ3v) is 3.01. The Morgan fingerprint density at radius 3 is 2.68 bits per heavy atom. The summed E-state index contributed by atoms with van der Waals surface area (Å²) < 4.78 is 16.3. The Balaban J connectivity index is 2.48. The van der Waals surface area contributed by atoms with Crippen LogP contribution < -0.4 is 15.2 Å². The molecule has 1 unspecified atom stereocenters. The number of benzene rings is 1. The summed E-state index contributed by atoms with van der Waals surface area (Å²) in [6.07, 6.45) is 0. The molecule has 1 heterocycles. The minimum atomic E-state index is -0.974. The highest BCUT2D eigenvalue weighted by Gasteiger charge is 2.27. The molecule has 0 saturated carbocycles. The molecule has 0 bridgehead atoms. The molecule has 0 spiro atoms. The fourth-order valence-corrected chi connectivity index (χ4v) is 2.12. The third kappa shape index (κ3) is 2.64. The van der Waals surface area contributed by atoms with E-state index < -0.39 is 11.9 Å². The average molecular weight is 267 g/mol. The van der Waals surface area contributed by atoms with E-state index >= 15 is 0 Å². The molecular formula is C13H17NO5. The molecule has 6 heteroatoms. The largest absolute Gasteiger partial charge is 0.486 e. The number of carboxylic acids is 1. The van der Waals surface area contributed by atoms with Crippen molar-refractivity contribution in [2.75, 3.05) is 26.9 Å². The molecule has 1 aliphatic heterocycles. The van der Waals surface area contributed by atoms with Crippen LogP contribution in [0.4, 0.5) is 0 Å². The van der Waals surface area contributed by atoms with E-state index in [0.29, 0.717) is 36.9 Å². The van der Waals surface area contributed by atoms with Crippen LogP contribution >= 0.6 is 0 Å². The predicted molar refractivity (Wildman–Crippen MR) is 67.6 cm³/mol. The van der Waals surface area contributed by atoms with Gasteiger partial charge in [0.05, 0.1) is 12.5 Å². The summed E-state index contributed by atoms with van der Waals surface area (Å²) in [6, 6.07) is 3.51. The lowest BCUT2D eigenvalue weighted by Gasteiger charge is -2.25. The number of methoxy groups -OCH3 is 1. The van der Waals surface area contributed by atoms with Gasteiger partial charge in [-0.1, -0.05) is 12.1 Å². The number of carboxylic acid groups (broad SMARTS) is 1. The van der Waals surface area contributed by atoms with Gasteiger partial charge >= 0.3 is 5.97 Å². The van der Waals surface area contributed by atoms with Crippen molar-refractivity contribution in [2.45, 2.75) is 12.5 Å². The number of hydrogen-bond donors (Lipinski definition) is 2. The second kappa shape index (κ2) is 5.90. The Kier molecular flexibility index (Phi) is 4.24. The summed E-state index contributed by atoms with van der Waals surface area (Å²) in [7, 11) is 1.59. The van der Waals surface area contributed by atoms with Gasteiger partial charge in [0, 0.05) is 24.8 Å². The zero-order valence-electron chi connectivity index (χ0n) is 10.7. The molecule has 0 saturated heterocycles. The predicted octanol–water partition coefficient (Wildman–Crippen LogP) is 0.731. The lowest BCUT2D eigenvalue weighted by Crippen LogP contribution is -2.24. The molecule has 6 nitrogen and oxygen atoms in total. The maximum Gasteiger partial charge on any atom is 0.312 e. The Morgan fingerprint density at radius 2 is 2.11 bits per heavy atom. The summed E-state index contributed by atoms with van der Waals surface area (Å²) in [5.74, 6) is -0.741. The molecule has 1 aliphatic rings. The van der Waals surface area contributed by atoms with Gasteiger partial charge in [0.25, 0.3) is 0 Å². The van der Waals surface area contributed by atoms with Crippen molar-refractivity contribution in [3.8, 4) is 11.5 Å². The Hall–Kier alpha value is -1.79. The molecule has 1 aromatic carbocycles. The van der Waals surface area contributed by atoms with Gasteiger partial charge in [-0.3, -0.25) is 4.79 Å². The molecule has 2 rings (SSSR count). The number of nitrogens with two attached hydrogens (primary N) is 1. The van der Waals surface area contributed by atoms with E-state index in [2.05, 4.69) is 0 Å². The van der Waals surface area contributed by atoms with Crippen molar-refractivity contribution in [2.24, 2.45) is 5.73 Å². The highest BCUT2D eigenvalue weighted by molar-refractivity contribution is 5.78. The Morgan fingerprint density at radius 1 is 1.42 bits per heavy atom. The molecular weight excluding hydrogens is 250 g/mol. The molecule has 1 atom stereocenters. The number of ether oxygens (including phenoxy) is 3. The molecule has 1 aromatic rings. The van der Waals surface area contributed by atoms with E-state index in [1.54, 1.807) is 19.2 Å². The van der Waals surface area contributed by atoms with Gasteiger partial charge in [0.15, 0.2) is 11.5 Å². The van der Waals surface area contributed by atoms with Crippen molar-refractivity contribution in [1.29, 1.82) is 0 Å². The average Bonchev–Trinajstić information content (AvgIpc) is 2.41. The SMILES string of the molecule is COCc1ccc(C(CN)C(=O)O)c2c1OCCO2. The van der Waals surface area contributed by atoms with Crippen molar-refractivity contribution >= 4 is 5.97 Å². The first-order valence-electron chi connectivity index (χ1n) is 6.02. The smallest absolute Gasteiger partial charge is 0.312 e. The summed E-state index contributed by atoms with van der Waals surface area (Å²) in [4.78, 5) is 11.2. The van der Waals surface area contributed by atoms with Gasteiger partial charge in [0.2, 0.25) is 0 Å². The third-order valence-electron chi connectivity index (χ3n) is 3.01. The van der Waals surface area contributed by atoms with Crippen LogP contribution in [-0.2, 0) is 16.1 Å². The van der Waals surface area contributed by atoms with Crippen molar-refractivity contribution in [1.82, 2.24) is 0 Å². The lowest BCUT2D eigenvalue weighted by molar-refractivity contribution is -0.138. The van der Waals surface area contributed by atoms with Crippen LogP contribution in [0.25, 0.3) is 0 Å². The highest BCUT2D eigenvalue weighted by atomic mass is 16.6. The highest BCUT2D eigenvalue weighted by Crippen LogP contribution is 2.40. The molecule has 104 valence electrons. The normalized spacial score (nSPS) is 15.1. The minimum Gasteiger partial charge on any atom is -0.486 e. The minimum absolute atomic E-state index is 0.00869. The number of aliphatic carboxylic acids is 1. The van der Waals surface area contributed by atoms with Crippen molar-refractivity contribution < 1.29 is 24.1 Å². The molecule has 0 radical (unpaired) electrons. The molecule has 19 heavy (non-hydrogen) atoms. The van der Waals surface area contributed by atoms with Gasteiger partial charge < -0.3 is 25.1 Å². The van der Waals surface area contributed by atoms with E-state index in [0.717, 1.165) is 5.56 Å². The first-order valence-corrected chi connectivity index (χ1v) is 6.02. The maximum absolute atomic E-state index is 11.2. The van der Waals surface area contributed by atoms with Crippen LogP contribution in [0.1, 0.15) is 17.0 Å². The summed E-state index contributed by atoms with van der Waals surface area (Å²) in [6.45, 7) is 1.22. The second-order valence-electron chi connectivity index (χ2n) is 4.23. The number of rotatable bonds is 5. The topological polar surface area (TPSA) is 91.0 Å². The zero-order valence-corrected chi connectivity index (χ0v) is 10.7. The van der Waals surface area contributed by atoms with E-state index in [4.69, 9.17) is 19.9 Å². The van der Waals surface area contributed by atoms with Crippen molar-refractivity contribution in [3.63, 3.8) is 0 Å². The Bertz CT molecular complexity index is 474. The molecule has 0 amide bonds. The summed E-state index contributed by atoms with van der Waals surface area (Å²) in [5, 5.41) is 9.20. The van der Waals surface area contributed by atoms with Crippen LogP contribution in [0.2, 0.25) is 0 Å². The van der Waals surface area contributed by atoms with Crippen LogP contribution in [0, 0.1) is 0 Å². The monoisotopic (exact) mass is 267 g/mol. The van der Waals surface area contributed by atoms with E-state index in [9.17, 15) is 9.90 Å². The Labute approximate surface area is 111 Å². The maximum atomic E-state index is 11.2. The number of carbonyl (C=O) groups is 1. The van der Waals surface area contributed by atoms with E-state index in [1.165, 1.54) is 0 Å². The number of hydrogen-bond acceptors (Lipinski definition) is 5. The van der Waals surface area contributed by atoms with Crippen LogP contribution in [-0.4, -0.2) is 37.9 Å². The quantitative estimate of drug-likeness (QED) is 0.817. The van der Waals surface area contributed by atoms with Gasteiger partial charge in [-0.2, -0.15) is 0 Å².